The summed E-state index contributed by atoms with van der Waals surface area (Å²) in [6.45, 7) is 4.00. The minimum atomic E-state index is 0.0621. The van der Waals surface area contributed by atoms with Gasteiger partial charge in [0.05, 0.1) is 19.3 Å². The SMILES string of the molecule is COc1cccc(CN2[C@H](CO)[C@@H](c3ccccc3)C23CN(Cc2ccccc2)C3)c1. The van der Waals surface area contributed by atoms with Crippen molar-refractivity contribution in [3.05, 3.63) is 102 Å². The standard InChI is InChI=1S/C27H30N2O2/c1-31-24-14-8-11-22(15-24)17-29-25(18-30)26(23-12-6-3-7-13-23)27(29)19-28(20-27)16-21-9-4-2-5-10-21/h2-15,25-26,30H,16-20H2,1H3/t25-,26-/m1/s1. The number of hydrogen-bond donors (Lipinski definition) is 1. The number of methoxy groups -OCH3 is 1. The van der Waals surface area contributed by atoms with Crippen molar-refractivity contribution in [3.63, 3.8) is 0 Å². The fourth-order valence-electron chi connectivity index (χ4n) is 5.66. The van der Waals surface area contributed by atoms with Gasteiger partial charge in [-0.1, -0.05) is 72.8 Å². The minimum absolute atomic E-state index is 0.0621. The maximum atomic E-state index is 10.3. The lowest BCUT2D eigenvalue weighted by Gasteiger charge is -2.71. The van der Waals surface area contributed by atoms with Crippen LogP contribution in [0.5, 0.6) is 5.75 Å². The molecule has 2 fully saturated rings. The normalized spacial score (nSPS) is 22.6. The first kappa shape index (κ1) is 20.3. The number of aliphatic hydroxyl groups is 1. The van der Waals surface area contributed by atoms with Gasteiger partial charge in [-0.25, -0.2) is 0 Å². The van der Waals surface area contributed by atoms with E-state index < -0.39 is 0 Å². The lowest BCUT2D eigenvalue weighted by molar-refractivity contribution is -0.197. The summed E-state index contributed by atoms with van der Waals surface area (Å²) in [7, 11) is 1.71. The molecule has 3 aromatic rings. The molecule has 0 saturated carbocycles. The molecule has 1 N–H and O–H groups in total. The maximum Gasteiger partial charge on any atom is 0.119 e. The first-order chi connectivity index (χ1) is 15.2. The highest BCUT2D eigenvalue weighted by Gasteiger charge is 2.65. The second kappa shape index (κ2) is 8.46. The second-order valence-corrected chi connectivity index (χ2v) is 8.85. The lowest BCUT2D eigenvalue weighted by Crippen LogP contribution is -2.83. The third-order valence-electron chi connectivity index (χ3n) is 7.01. The van der Waals surface area contributed by atoms with Crippen LogP contribution in [0.4, 0.5) is 0 Å². The van der Waals surface area contributed by atoms with E-state index in [-0.39, 0.29) is 18.2 Å². The van der Waals surface area contributed by atoms with Gasteiger partial charge in [0, 0.05) is 38.1 Å². The Morgan fingerprint density at radius 1 is 0.871 bits per heavy atom. The Morgan fingerprint density at radius 2 is 1.55 bits per heavy atom. The van der Waals surface area contributed by atoms with Crippen molar-refractivity contribution in [3.8, 4) is 5.75 Å². The van der Waals surface area contributed by atoms with Crippen molar-refractivity contribution in [1.29, 1.82) is 0 Å². The highest BCUT2D eigenvalue weighted by Crippen LogP contribution is 2.54. The Hall–Kier alpha value is -2.66. The van der Waals surface area contributed by atoms with E-state index in [1.54, 1.807) is 7.11 Å². The minimum Gasteiger partial charge on any atom is -0.497 e. The van der Waals surface area contributed by atoms with Crippen molar-refractivity contribution in [1.82, 2.24) is 9.80 Å². The Morgan fingerprint density at radius 3 is 2.23 bits per heavy atom. The molecule has 3 aromatic carbocycles. The van der Waals surface area contributed by atoms with Crippen LogP contribution in [0.25, 0.3) is 0 Å². The molecular formula is C27H30N2O2. The zero-order valence-electron chi connectivity index (χ0n) is 18.0. The van der Waals surface area contributed by atoms with Crippen LogP contribution in [0.1, 0.15) is 22.6 Å². The third kappa shape index (κ3) is 3.65. The van der Waals surface area contributed by atoms with Gasteiger partial charge in [0.1, 0.15) is 5.75 Å². The van der Waals surface area contributed by atoms with Crippen molar-refractivity contribution in [2.24, 2.45) is 0 Å². The first-order valence-corrected chi connectivity index (χ1v) is 11.1. The van der Waals surface area contributed by atoms with Gasteiger partial charge < -0.3 is 9.84 Å². The molecule has 2 aliphatic heterocycles. The van der Waals surface area contributed by atoms with Gasteiger partial charge >= 0.3 is 0 Å². The molecule has 5 rings (SSSR count). The van der Waals surface area contributed by atoms with Crippen LogP contribution in [0.3, 0.4) is 0 Å². The number of ether oxygens (including phenoxy) is 1. The van der Waals surface area contributed by atoms with Crippen molar-refractivity contribution in [2.75, 3.05) is 26.8 Å². The van der Waals surface area contributed by atoms with Crippen LogP contribution < -0.4 is 4.74 Å². The predicted molar refractivity (Wildman–Crippen MR) is 123 cm³/mol. The first-order valence-electron chi connectivity index (χ1n) is 11.1. The van der Waals surface area contributed by atoms with Gasteiger partial charge in [0.25, 0.3) is 0 Å². The Kier molecular flexibility index (Phi) is 5.53. The highest BCUT2D eigenvalue weighted by atomic mass is 16.5. The number of rotatable bonds is 7. The van der Waals surface area contributed by atoms with Crippen LogP contribution in [0, 0.1) is 0 Å². The summed E-state index contributed by atoms with van der Waals surface area (Å²) < 4.78 is 5.43. The van der Waals surface area contributed by atoms with Gasteiger partial charge in [-0.05, 0) is 28.8 Å². The van der Waals surface area contributed by atoms with E-state index in [2.05, 4.69) is 82.6 Å². The second-order valence-electron chi connectivity index (χ2n) is 8.85. The molecule has 0 aromatic heterocycles. The summed E-state index contributed by atoms with van der Waals surface area (Å²) in [6, 6.07) is 29.8. The summed E-state index contributed by atoms with van der Waals surface area (Å²) >= 11 is 0. The molecule has 0 bridgehead atoms. The average molecular weight is 415 g/mol. The molecule has 2 atom stereocenters. The van der Waals surface area contributed by atoms with E-state index >= 15 is 0 Å². The summed E-state index contributed by atoms with van der Waals surface area (Å²) in [5.41, 5.74) is 3.98. The summed E-state index contributed by atoms with van der Waals surface area (Å²) in [5, 5.41) is 10.3. The van der Waals surface area contributed by atoms with Gasteiger partial charge in [0.2, 0.25) is 0 Å². The number of likely N-dealkylation sites (tertiary alicyclic amines) is 2. The molecule has 31 heavy (non-hydrogen) atoms. The van der Waals surface area contributed by atoms with E-state index in [4.69, 9.17) is 4.74 Å². The molecule has 4 heteroatoms. The Labute approximate surface area is 184 Å². The fraction of sp³-hybridized carbons (Fsp3) is 0.333. The predicted octanol–water partition coefficient (Wildman–Crippen LogP) is 3.91. The quantitative estimate of drug-likeness (QED) is 0.636. The lowest BCUT2D eigenvalue weighted by atomic mass is 9.60. The van der Waals surface area contributed by atoms with Crippen LogP contribution in [0.15, 0.2) is 84.9 Å². The largest absolute Gasteiger partial charge is 0.497 e. The van der Waals surface area contributed by atoms with Gasteiger partial charge in [-0.15, -0.1) is 0 Å². The van der Waals surface area contributed by atoms with E-state index in [1.165, 1.54) is 16.7 Å². The van der Waals surface area contributed by atoms with E-state index in [0.29, 0.717) is 5.92 Å². The van der Waals surface area contributed by atoms with Gasteiger partial charge in [0.15, 0.2) is 0 Å². The van der Waals surface area contributed by atoms with E-state index in [0.717, 1.165) is 31.9 Å². The number of benzene rings is 3. The summed E-state index contributed by atoms with van der Waals surface area (Å²) in [4.78, 5) is 5.05. The molecule has 160 valence electrons. The van der Waals surface area contributed by atoms with Crippen molar-refractivity contribution in [2.45, 2.75) is 30.6 Å². The Balaban J connectivity index is 1.40. The molecule has 0 amide bonds. The number of nitrogens with zero attached hydrogens (tertiary/aromatic N) is 2. The zero-order valence-corrected chi connectivity index (χ0v) is 18.0. The monoisotopic (exact) mass is 414 g/mol. The molecule has 2 saturated heterocycles. The molecule has 4 nitrogen and oxygen atoms in total. The zero-order chi connectivity index (χ0) is 21.3. The van der Waals surface area contributed by atoms with Crippen molar-refractivity contribution < 1.29 is 9.84 Å². The van der Waals surface area contributed by atoms with Gasteiger partial charge in [-0.3, -0.25) is 9.80 Å². The Bertz CT molecular complexity index is 1000. The van der Waals surface area contributed by atoms with Crippen LogP contribution >= 0.6 is 0 Å². The summed E-state index contributed by atoms with van der Waals surface area (Å²) in [5.74, 6) is 1.22. The molecule has 1 spiro atoms. The molecule has 2 heterocycles. The van der Waals surface area contributed by atoms with Crippen LogP contribution in [0.2, 0.25) is 0 Å². The van der Waals surface area contributed by atoms with Crippen LogP contribution in [-0.2, 0) is 13.1 Å². The number of hydrogen-bond acceptors (Lipinski definition) is 4. The topological polar surface area (TPSA) is 35.9 Å². The van der Waals surface area contributed by atoms with Crippen LogP contribution in [-0.4, -0.2) is 53.3 Å². The molecule has 0 unspecified atom stereocenters. The molecule has 2 aliphatic rings. The highest BCUT2D eigenvalue weighted by molar-refractivity contribution is 5.37. The smallest absolute Gasteiger partial charge is 0.119 e. The average Bonchev–Trinajstić information content (AvgIpc) is 2.79. The fourth-order valence-corrected chi connectivity index (χ4v) is 5.66. The maximum absolute atomic E-state index is 10.3. The van der Waals surface area contributed by atoms with Crippen molar-refractivity contribution >= 4 is 0 Å². The molecule has 0 radical (unpaired) electrons. The molecular weight excluding hydrogens is 384 g/mol. The third-order valence-corrected chi connectivity index (χ3v) is 7.01. The molecule has 0 aliphatic carbocycles. The number of aliphatic hydroxyl groups excluding tert-OH is 1. The van der Waals surface area contributed by atoms with Gasteiger partial charge in [-0.2, -0.15) is 0 Å². The van der Waals surface area contributed by atoms with E-state index in [1.807, 2.05) is 12.1 Å². The summed E-state index contributed by atoms with van der Waals surface area (Å²) in [6.07, 6.45) is 0. The van der Waals surface area contributed by atoms with E-state index in [9.17, 15) is 5.11 Å².